The van der Waals surface area contributed by atoms with Crippen molar-refractivity contribution in [3.05, 3.63) is 22.7 Å². The van der Waals surface area contributed by atoms with Gasteiger partial charge in [0.15, 0.2) is 5.13 Å². The molecular weight excluding hydrogens is 365 g/mol. The van der Waals surface area contributed by atoms with Crippen LogP contribution < -0.4 is 4.90 Å². The van der Waals surface area contributed by atoms with Gasteiger partial charge in [-0.15, -0.1) is 12.4 Å². The summed E-state index contributed by atoms with van der Waals surface area (Å²) in [5, 5.41) is 1.48. The molecule has 0 radical (unpaired) electrons. The van der Waals surface area contributed by atoms with E-state index in [-0.39, 0.29) is 24.2 Å². The number of rotatable bonds is 5. The molecule has 0 aliphatic heterocycles. The SMILES string of the molecule is Cc1ccc(Cl)c2sc(N(CCN(C)C)C(=O)C3CCC3)nc12.Cl. The molecule has 0 bridgehead atoms. The van der Waals surface area contributed by atoms with Gasteiger partial charge >= 0.3 is 0 Å². The molecule has 1 heterocycles. The van der Waals surface area contributed by atoms with Crippen molar-refractivity contribution in [1.29, 1.82) is 0 Å². The van der Waals surface area contributed by atoms with Gasteiger partial charge in [0.25, 0.3) is 0 Å². The zero-order chi connectivity index (χ0) is 16.6. The number of amides is 1. The van der Waals surface area contributed by atoms with Crippen LogP contribution in [0.25, 0.3) is 10.2 Å². The number of carbonyl (C=O) groups excluding carboxylic acids is 1. The van der Waals surface area contributed by atoms with Crippen LogP contribution in [0.3, 0.4) is 0 Å². The molecule has 0 N–H and O–H groups in total. The minimum atomic E-state index is 0. The molecule has 2 aromatic rings. The highest BCUT2D eigenvalue weighted by molar-refractivity contribution is 7.23. The van der Waals surface area contributed by atoms with Crippen LogP contribution in [0.1, 0.15) is 24.8 Å². The monoisotopic (exact) mass is 387 g/mol. The second kappa shape index (κ2) is 8.00. The number of benzene rings is 1. The molecule has 0 saturated heterocycles. The predicted molar refractivity (Wildman–Crippen MR) is 105 cm³/mol. The molecular formula is C17H23Cl2N3OS. The number of fused-ring (bicyclic) bond motifs is 1. The van der Waals surface area contributed by atoms with E-state index < -0.39 is 0 Å². The fourth-order valence-corrected chi connectivity index (χ4v) is 4.03. The van der Waals surface area contributed by atoms with Crippen molar-refractivity contribution in [3.8, 4) is 0 Å². The van der Waals surface area contributed by atoms with Gasteiger partial charge in [0.1, 0.15) is 0 Å². The van der Waals surface area contributed by atoms with E-state index in [4.69, 9.17) is 16.6 Å². The first kappa shape index (κ1) is 19.4. The summed E-state index contributed by atoms with van der Waals surface area (Å²) in [5.41, 5.74) is 2.00. The predicted octanol–water partition coefficient (Wildman–Crippen LogP) is 4.37. The third kappa shape index (κ3) is 3.85. The first-order valence-electron chi connectivity index (χ1n) is 7.99. The lowest BCUT2D eigenvalue weighted by Gasteiger charge is -2.30. The van der Waals surface area contributed by atoms with Gasteiger partial charge in [-0.3, -0.25) is 9.69 Å². The maximum Gasteiger partial charge on any atom is 0.231 e. The number of likely N-dealkylation sites (N-methyl/N-ethyl adjacent to an activating group) is 1. The second-order valence-corrected chi connectivity index (χ2v) is 7.84. The number of hydrogen-bond donors (Lipinski definition) is 0. The van der Waals surface area contributed by atoms with Crippen molar-refractivity contribution in [2.75, 3.05) is 32.1 Å². The first-order valence-corrected chi connectivity index (χ1v) is 9.18. The fraction of sp³-hybridized carbons (Fsp3) is 0.529. The Balaban J connectivity index is 0.00000208. The Kier molecular flexibility index (Phi) is 6.48. The zero-order valence-corrected chi connectivity index (χ0v) is 16.6. The summed E-state index contributed by atoms with van der Waals surface area (Å²) in [4.78, 5) is 21.5. The van der Waals surface area contributed by atoms with Crippen molar-refractivity contribution in [2.45, 2.75) is 26.2 Å². The summed E-state index contributed by atoms with van der Waals surface area (Å²) in [6.45, 7) is 3.51. The summed E-state index contributed by atoms with van der Waals surface area (Å²) in [6, 6.07) is 3.88. The van der Waals surface area contributed by atoms with E-state index in [2.05, 4.69) is 4.90 Å². The lowest BCUT2D eigenvalue weighted by Crippen LogP contribution is -2.42. The quantitative estimate of drug-likeness (QED) is 0.763. The zero-order valence-electron chi connectivity index (χ0n) is 14.2. The van der Waals surface area contributed by atoms with Crippen LogP contribution in [0.15, 0.2) is 12.1 Å². The Bertz CT molecular complexity index is 689. The van der Waals surface area contributed by atoms with Crippen LogP contribution in [-0.2, 0) is 4.79 Å². The van der Waals surface area contributed by atoms with Crippen LogP contribution in [0.2, 0.25) is 5.02 Å². The number of aryl methyl sites for hydroxylation is 1. The van der Waals surface area contributed by atoms with Crippen LogP contribution in [0.4, 0.5) is 5.13 Å². The molecule has 7 heteroatoms. The topological polar surface area (TPSA) is 36.4 Å². The molecule has 3 rings (SSSR count). The Morgan fingerprint density at radius 1 is 1.33 bits per heavy atom. The molecule has 0 spiro atoms. The lowest BCUT2D eigenvalue weighted by atomic mass is 9.84. The number of aromatic nitrogens is 1. The van der Waals surface area contributed by atoms with Crippen molar-refractivity contribution >= 4 is 56.6 Å². The Hall–Kier alpha value is -0.880. The summed E-state index contributed by atoms with van der Waals surface area (Å²) in [5.74, 6) is 0.381. The summed E-state index contributed by atoms with van der Waals surface area (Å²) in [6.07, 6.45) is 3.16. The van der Waals surface area contributed by atoms with Gasteiger partial charge in [0.2, 0.25) is 5.91 Å². The van der Waals surface area contributed by atoms with E-state index in [1.54, 1.807) is 0 Å². The molecule has 1 fully saturated rings. The van der Waals surface area contributed by atoms with Crippen LogP contribution in [0, 0.1) is 12.8 Å². The van der Waals surface area contributed by atoms with Crippen LogP contribution in [0.5, 0.6) is 0 Å². The number of thiazole rings is 1. The second-order valence-electron chi connectivity index (χ2n) is 6.46. The van der Waals surface area contributed by atoms with Crippen molar-refractivity contribution in [2.24, 2.45) is 5.92 Å². The summed E-state index contributed by atoms with van der Waals surface area (Å²) < 4.78 is 0.970. The van der Waals surface area contributed by atoms with Gasteiger partial charge in [0.05, 0.1) is 15.2 Å². The van der Waals surface area contributed by atoms with Gasteiger partial charge in [-0.1, -0.05) is 35.4 Å². The average molecular weight is 388 g/mol. The Morgan fingerprint density at radius 2 is 2.04 bits per heavy atom. The molecule has 1 aliphatic rings. The summed E-state index contributed by atoms with van der Waals surface area (Å²) in [7, 11) is 4.04. The third-order valence-corrected chi connectivity index (χ3v) is 5.95. The maximum absolute atomic E-state index is 12.8. The van der Waals surface area contributed by atoms with E-state index in [0.717, 1.165) is 46.7 Å². The van der Waals surface area contributed by atoms with Gasteiger partial charge in [-0.25, -0.2) is 4.98 Å². The maximum atomic E-state index is 12.8. The van der Waals surface area contributed by atoms with Gasteiger partial charge in [-0.2, -0.15) is 0 Å². The fourth-order valence-electron chi connectivity index (χ4n) is 2.68. The molecule has 0 unspecified atom stereocenters. The molecule has 1 amide bonds. The largest absolute Gasteiger partial charge is 0.308 e. The van der Waals surface area contributed by atoms with Crippen LogP contribution in [-0.4, -0.2) is 43.0 Å². The highest BCUT2D eigenvalue weighted by Crippen LogP contribution is 2.37. The third-order valence-electron chi connectivity index (χ3n) is 4.41. The molecule has 132 valence electrons. The van der Waals surface area contributed by atoms with Gasteiger partial charge in [-0.05, 0) is 45.5 Å². The number of halogens is 2. The number of carbonyl (C=O) groups is 1. The van der Waals surface area contributed by atoms with E-state index >= 15 is 0 Å². The number of nitrogens with zero attached hydrogens (tertiary/aromatic N) is 3. The average Bonchev–Trinajstić information content (AvgIpc) is 2.87. The normalized spacial score (nSPS) is 14.5. The Morgan fingerprint density at radius 3 is 2.58 bits per heavy atom. The van der Waals surface area contributed by atoms with Crippen molar-refractivity contribution in [3.63, 3.8) is 0 Å². The number of hydrogen-bond acceptors (Lipinski definition) is 4. The molecule has 24 heavy (non-hydrogen) atoms. The van der Waals surface area contributed by atoms with E-state index in [9.17, 15) is 4.79 Å². The first-order chi connectivity index (χ1) is 11.0. The molecule has 0 atom stereocenters. The molecule has 4 nitrogen and oxygen atoms in total. The minimum absolute atomic E-state index is 0. The van der Waals surface area contributed by atoms with E-state index in [0.29, 0.717) is 11.6 Å². The van der Waals surface area contributed by atoms with Crippen LogP contribution >= 0.6 is 35.3 Å². The number of anilines is 1. The highest BCUT2D eigenvalue weighted by atomic mass is 35.5. The summed E-state index contributed by atoms with van der Waals surface area (Å²) >= 11 is 7.84. The molecule has 1 aromatic heterocycles. The van der Waals surface area contributed by atoms with E-state index in [1.165, 1.54) is 11.3 Å². The molecule has 1 aliphatic carbocycles. The lowest BCUT2D eigenvalue weighted by molar-refractivity contribution is -0.124. The van der Waals surface area contributed by atoms with Crippen molar-refractivity contribution < 1.29 is 4.79 Å². The van der Waals surface area contributed by atoms with Crippen molar-refractivity contribution in [1.82, 2.24) is 9.88 Å². The molecule has 1 aromatic carbocycles. The van der Waals surface area contributed by atoms with Gasteiger partial charge in [0, 0.05) is 19.0 Å². The Labute approximate surface area is 158 Å². The van der Waals surface area contributed by atoms with Gasteiger partial charge < -0.3 is 4.90 Å². The molecule has 1 saturated carbocycles. The highest BCUT2D eigenvalue weighted by Gasteiger charge is 2.31. The smallest absolute Gasteiger partial charge is 0.231 e. The van der Waals surface area contributed by atoms with E-state index in [1.807, 2.05) is 38.1 Å². The minimum Gasteiger partial charge on any atom is -0.308 e. The standard InChI is InChI=1S/C17H22ClN3OS.ClH/c1-11-7-8-13(18)15-14(11)19-17(23-15)21(10-9-20(2)3)16(22)12-5-4-6-12;/h7-8,12H,4-6,9-10H2,1-3H3;1H.